The van der Waals surface area contributed by atoms with E-state index >= 15 is 0 Å². The normalized spacial score (nSPS) is 11.2. The highest BCUT2D eigenvalue weighted by Gasteiger charge is 2.10. The number of rotatable bonds is 6. The third-order valence-corrected chi connectivity index (χ3v) is 5.09. The van der Waals surface area contributed by atoms with E-state index in [9.17, 15) is 4.79 Å². The van der Waals surface area contributed by atoms with Crippen LogP contribution in [0, 0.1) is 0 Å². The van der Waals surface area contributed by atoms with E-state index in [0.717, 1.165) is 10.5 Å². The molecule has 4 nitrogen and oxygen atoms in total. The van der Waals surface area contributed by atoms with Gasteiger partial charge in [0.2, 0.25) is 5.91 Å². The average Bonchev–Trinajstić information content (AvgIpc) is 3.13. The van der Waals surface area contributed by atoms with Gasteiger partial charge in [-0.2, -0.15) is 0 Å². The van der Waals surface area contributed by atoms with Crippen LogP contribution in [0.5, 0.6) is 0 Å². The van der Waals surface area contributed by atoms with Crippen molar-refractivity contribution in [3.8, 4) is 0 Å². The highest BCUT2D eigenvalue weighted by molar-refractivity contribution is 7.18. The molecule has 0 aliphatic rings. The number of carbonyl (C=O) groups is 1. The fraction of sp³-hybridized carbons (Fsp3) is 0.250. The number of nitrogens with zero attached hydrogens (tertiary/aromatic N) is 2. The summed E-state index contributed by atoms with van der Waals surface area (Å²) in [4.78, 5) is 19.7. The van der Waals surface area contributed by atoms with Gasteiger partial charge in [-0.05, 0) is 30.6 Å². The Balaban J connectivity index is 1.51. The van der Waals surface area contributed by atoms with E-state index < -0.39 is 0 Å². The summed E-state index contributed by atoms with van der Waals surface area (Å²) in [5, 5.41) is 5.99. The van der Waals surface area contributed by atoms with E-state index in [2.05, 4.69) is 16.4 Å². The van der Waals surface area contributed by atoms with Crippen molar-refractivity contribution in [1.29, 1.82) is 0 Å². The molecular formula is C16H17N3OS2. The lowest BCUT2D eigenvalue weighted by Crippen LogP contribution is -2.34. The van der Waals surface area contributed by atoms with Gasteiger partial charge in [0.1, 0.15) is 5.01 Å². The van der Waals surface area contributed by atoms with Gasteiger partial charge in [-0.3, -0.25) is 9.69 Å². The zero-order valence-corrected chi connectivity index (χ0v) is 13.9. The molecule has 2 heterocycles. The van der Waals surface area contributed by atoms with E-state index in [-0.39, 0.29) is 5.91 Å². The maximum Gasteiger partial charge on any atom is 0.234 e. The Labute approximate surface area is 137 Å². The lowest BCUT2D eigenvalue weighted by molar-refractivity contribution is -0.122. The highest BCUT2D eigenvalue weighted by atomic mass is 32.1. The fourth-order valence-electron chi connectivity index (χ4n) is 2.17. The van der Waals surface area contributed by atoms with Gasteiger partial charge in [0.25, 0.3) is 0 Å². The van der Waals surface area contributed by atoms with Gasteiger partial charge in [-0.15, -0.1) is 22.7 Å². The summed E-state index contributed by atoms with van der Waals surface area (Å²) in [7, 11) is 1.94. The van der Waals surface area contributed by atoms with Crippen LogP contribution in [0.1, 0.15) is 9.88 Å². The van der Waals surface area contributed by atoms with Crippen LogP contribution in [0.4, 0.5) is 0 Å². The zero-order valence-electron chi connectivity index (χ0n) is 12.3. The number of fused-ring (bicyclic) bond motifs is 1. The molecule has 6 heteroatoms. The van der Waals surface area contributed by atoms with Crippen molar-refractivity contribution in [2.45, 2.75) is 13.1 Å². The van der Waals surface area contributed by atoms with Crippen LogP contribution in [0.3, 0.4) is 0 Å². The highest BCUT2D eigenvalue weighted by Crippen LogP contribution is 2.22. The Morgan fingerprint density at radius 2 is 2.14 bits per heavy atom. The molecule has 0 aliphatic carbocycles. The number of thiazole rings is 1. The van der Waals surface area contributed by atoms with Crippen molar-refractivity contribution in [3.05, 3.63) is 51.7 Å². The molecule has 0 aliphatic heterocycles. The second-order valence-corrected chi connectivity index (χ2v) is 7.25. The predicted octanol–water partition coefficient (Wildman–Crippen LogP) is 3.11. The quantitative estimate of drug-likeness (QED) is 0.755. The number of likely N-dealkylation sites (N-methyl/N-ethyl adjacent to an activating group) is 1. The van der Waals surface area contributed by atoms with Crippen molar-refractivity contribution in [2.75, 3.05) is 13.6 Å². The van der Waals surface area contributed by atoms with Gasteiger partial charge in [-0.1, -0.05) is 18.2 Å². The number of hydrogen-bond acceptors (Lipinski definition) is 5. The van der Waals surface area contributed by atoms with Crippen molar-refractivity contribution < 1.29 is 4.79 Å². The first-order valence-electron chi connectivity index (χ1n) is 7.03. The van der Waals surface area contributed by atoms with Crippen LogP contribution in [0.25, 0.3) is 10.2 Å². The van der Waals surface area contributed by atoms with Crippen molar-refractivity contribution >= 4 is 38.8 Å². The topological polar surface area (TPSA) is 45.2 Å². The largest absolute Gasteiger partial charge is 0.350 e. The van der Waals surface area contributed by atoms with Crippen molar-refractivity contribution in [1.82, 2.24) is 15.2 Å². The molecule has 0 fully saturated rings. The van der Waals surface area contributed by atoms with Crippen LogP contribution >= 0.6 is 22.7 Å². The molecule has 0 saturated heterocycles. The molecule has 0 bridgehead atoms. The minimum Gasteiger partial charge on any atom is -0.350 e. The predicted molar refractivity (Wildman–Crippen MR) is 92.1 cm³/mol. The molecule has 3 rings (SSSR count). The summed E-state index contributed by atoms with van der Waals surface area (Å²) in [6, 6.07) is 12.1. The van der Waals surface area contributed by atoms with Crippen LogP contribution in [-0.2, 0) is 17.9 Å². The molecule has 0 saturated carbocycles. The lowest BCUT2D eigenvalue weighted by atomic mass is 10.3. The number of benzene rings is 1. The summed E-state index contributed by atoms with van der Waals surface area (Å²) in [5.41, 5.74) is 1.03. The zero-order chi connectivity index (χ0) is 15.4. The lowest BCUT2D eigenvalue weighted by Gasteiger charge is -2.14. The molecule has 0 unspecified atom stereocenters. The van der Waals surface area contributed by atoms with Gasteiger partial charge in [0, 0.05) is 4.88 Å². The fourth-order valence-corrected chi connectivity index (χ4v) is 3.87. The standard InChI is InChI=1S/C16H17N3OS2/c1-19(10-15(20)17-9-12-5-4-8-21-12)11-16-18-13-6-2-3-7-14(13)22-16/h2-8H,9-11H2,1H3,(H,17,20). The van der Waals surface area contributed by atoms with Gasteiger partial charge < -0.3 is 5.32 Å². The Morgan fingerprint density at radius 1 is 1.27 bits per heavy atom. The Kier molecular flexibility index (Phi) is 4.82. The van der Waals surface area contributed by atoms with Crippen LogP contribution < -0.4 is 5.32 Å². The van der Waals surface area contributed by atoms with Crippen molar-refractivity contribution in [3.63, 3.8) is 0 Å². The minimum absolute atomic E-state index is 0.0389. The van der Waals surface area contributed by atoms with E-state index in [0.29, 0.717) is 19.6 Å². The van der Waals surface area contributed by atoms with Crippen molar-refractivity contribution in [2.24, 2.45) is 0 Å². The van der Waals surface area contributed by atoms with E-state index in [1.165, 1.54) is 9.58 Å². The molecule has 0 spiro atoms. The van der Waals surface area contributed by atoms with Crippen LogP contribution in [0.15, 0.2) is 41.8 Å². The molecule has 1 amide bonds. The number of amides is 1. The number of hydrogen-bond donors (Lipinski definition) is 1. The molecular weight excluding hydrogens is 314 g/mol. The Morgan fingerprint density at radius 3 is 2.91 bits per heavy atom. The summed E-state index contributed by atoms with van der Waals surface area (Å²) >= 11 is 3.33. The second kappa shape index (κ2) is 7.00. The van der Waals surface area contributed by atoms with E-state index in [1.54, 1.807) is 22.7 Å². The molecule has 3 aromatic rings. The molecule has 22 heavy (non-hydrogen) atoms. The Hall–Kier alpha value is -1.76. The second-order valence-electron chi connectivity index (χ2n) is 5.10. The first kappa shape index (κ1) is 15.1. The van der Waals surface area contributed by atoms with E-state index in [4.69, 9.17) is 0 Å². The molecule has 0 radical (unpaired) electrons. The van der Waals surface area contributed by atoms with Gasteiger partial charge >= 0.3 is 0 Å². The van der Waals surface area contributed by atoms with Crippen LogP contribution in [0.2, 0.25) is 0 Å². The maximum absolute atomic E-state index is 11.9. The maximum atomic E-state index is 11.9. The van der Waals surface area contributed by atoms with Crippen LogP contribution in [-0.4, -0.2) is 29.4 Å². The number of carbonyl (C=O) groups excluding carboxylic acids is 1. The number of para-hydroxylation sites is 1. The number of aromatic nitrogens is 1. The van der Waals surface area contributed by atoms with Gasteiger partial charge in [0.05, 0.1) is 29.9 Å². The first-order valence-corrected chi connectivity index (χ1v) is 8.72. The van der Waals surface area contributed by atoms with Gasteiger partial charge in [0.15, 0.2) is 0 Å². The SMILES string of the molecule is CN(CC(=O)NCc1cccs1)Cc1nc2ccccc2s1. The van der Waals surface area contributed by atoms with Gasteiger partial charge in [-0.25, -0.2) is 4.98 Å². The third kappa shape index (κ3) is 3.91. The average molecular weight is 331 g/mol. The summed E-state index contributed by atoms with van der Waals surface area (Å²) in [6.07, 6.45) is 0. The molecule has 0 atom stereocenters. The Bertz CT molecular complexity index is 719. The molecule has 114 valence electrons. The summed E-state index contributed by atoms with van der Waals surface area (Å²) in [6.45, 7) is 1.67. The molecule has 2 aromatic heterocycles. The molecule has 1 N–H and O–H groups in total. The monoisotopic (exact) mass is 331 g/mol. The molecule has 1 aromatic carbocycles. The van der Waals surface area contributed by atoms with E-state index in [1.807, 2.05) is 47.7 Å². The number of thiophene rings is 1. The summed E-state index contributed by atoms with van der Waals surface area (Å²) in [5.74, 6) is 0.0389. The third-order valence-electron chi connectivity index (χ3n) is 3.20. The number of nitrogens with one attached hydrogen (secondary N) is 1. The first-order chi connectivity index (χ1) is 10.7. The smallest absolute Gasteiger partial charge is 0.234 e. The summed E-state index contributed by atoms with van der Waals surface area (Å²) < 4.78 is 1.19. The minimum atomic E-state index is 0.0389.